The van der Waals surface area contributed by atoms with E-state index < -0.39 is 0 Å². The molecule has 0 saturated carbocycles. The van der Waals surface area contributed by atoms with Crippen molar-refractivity contribution < 1.29 is 14.3 Å². The third-order valence-corrected chi connectivity index (χ3v) is 4.51. The van der Waals surface area contributed by atoms with E-state index >= 15 is 0 Å². The molecule has 3 aromatic carbocycles. The highest BCUT2D eigenvalue weighted by Crippen LogP contribution is 2.20. The first-order valence-electron chi connectivity index (χ1n) is 9.17. The third kappa shape index (κ3) is 5.23. The molecule has 4 nitrogen and oxygen atoms in total. The van der Waals surface area contributed by atoms with E-state index in [0.717, 1.165) is 28.0 Å². The fourth-order valence-electron chi connectivity index (χ4n) is 3.06. The van der Waals surface area contributed by atoms with Crippen molar-refractivity contribution in [3.05, 3.63) is 71.8 Å². The lowest BCUT2D eigenvalue weighted by Crippen LogP contribution is -2.28. The number of methoxy groups -OCH3 is 1. The average Bonchev–Trinajstić information content (AvgIpc) is 2.69. The summed E-state index contributed by atoms with van der Waals surface area (Å²) in [5.41, 5.74) is 2.22. The Morgan fingerprint density at radius 1 is 1.00 bits per heavy atom. The van der Waals surface area contributed by atoms with Crippen LogP contribution in [0.25, 0.3) is 10.8 Å². The number of carbonyl (C=O) groups is 1. The molecule has 27 heavy (non-hydrogen) atoms. The molecule has 1 amide bonds. The lowest BCUT2D eigenvalue weighted by atomic mass is 10.1. The number of ether oxygens (including phenoxy) is 2. The summed E-state index contributed by atoms with van der Waals surface area (Å²) in [5, 5.41) is 5.24. The molecule has 0 bridgehead atoms. The molecule has 0 heterocycles. The van der Waals surface area contributed by atoms with Crippen LogP contribution in [0.2, 0.25) is 0 Å². The zero-order valence-corrected chi connectivity index (χ0v) is 15.8. The molecule has 0 spiro atoms. The van der Waals surface area contributed by atoms with E-state index in [1.54, 1.807) is 7.11 Å². The van der Waals surface area contributed by atoms with E-state index in [1.807, 2.05) is 49.4 Å². The van der Waals surface area contributed by atoms with Crippen LogP contribution < -0.4 is 14.8 Å². The zero-order valence-electron chi connectivity index (χ0n) is 15.8. The molecule has 0 aliphatic heterocycles. The van der Waals surface area contributed by atoms with E-state index in [0.29, 0.717) is 26.0 Å². The topological polar surface area (TPSA) is 47.6 Å². The predicted octanol–water partition coefficient (Wildman–Crippen LogP) is 4.28. The molecule has 0 atom stereocenters. The Morgan fingerprint density at radius 3 is 2.59 bits per heavy atom. The summed E-state index contributed by atoms with van der Waals surface area (Å²) in [4.78, 5) is 12.0. The minimum absolute atomic E-state index is 0.0329. The van der Waals surface area contributed by atoms with E-state index in [9.17, 15) is 4.79 Å². The molecule has 0 aromatic heterocycles. The number of benzene rings is 3. The third-order valence-electron chi connectivity index (χ3n) is 4.51. The van der Waals surface area contributed by atoms with Gasteiger partial charge in [-0.1, -0.05) is 42.5 Å². The van der Waals surface area contributed by atoms with Crippen LogP contribution in [0, 0.1) is 6.92 Å². The van der Waals surface area contributed by atoms with Gasteiger partial charge in [-0.3, -0.25) is 4.79 Å². The molecule has 3 rings (SSSR count). The van der Waals surface area contributed by atoms with Gasteiger partial charge in [0.15, 0.2) is 0 Å². The monoisotopic (exact) mass is 363 g/mol. The minimum Gasteiger partial charge on any atom is -0.496 e. The van der Waals surface area contributed by atoms with E-state index in [-0.39, 0.29) is 5.91 Å². The lowest BCUT2D eigenvalue weighted by Gasteiger charge is -2.09. The van der Waals surface area contributed by atoms with Crippen LogP contribution in [0.4, 0.5) is 0 Å². The Hall–Kier alpha value is -3.01. The predicted molar refractivity (Wildman–Crippen MR) is 109 cm³/mol. The smallest absolute Gasteiger partial charge is 0.220 e. The number of nitrogens with one attached hydrogen (secondary N) is 1. The van der Waals surface area contributed by atoms with E-state index in [4.69, 9.17) is 9.47 Å². The summed E-state index contributed by atoms with van der Waals surface area (Å²) in [5.74, 6) is 1.72. The first kappa shape index (κ1) is 18.8. The Morgan fingerprint density at radius 2 is 1.81 bits per heavy atom. The maximum Gasteiger partial charge on any atom is 0.220 e. The number of hydrogen-bond acceptors (Lipinski definition) is 3. The number of hydrogen-bond donors (Lipinski definition) is 1. The SMILES string of the molecule is COc1ccc(CCC(=O)NCCOc2ccc3ccccc3c2)cc1C. The van der Waals surface area contributed by atoms with E-state index in [2.05, 4.69) is 23.5 Å². The summed E-state index contributed by atoms with van der Waals surface area (Å²) in [7, 11) is 1.66. The Labute approximate surface area is 160 Å². The van der Waals surface area contributed by atoms with Gasteiger partial charge in [-0.15, -0.1) is 0 Å². The lowest BCUT2D eigenvalue weighted by molar-refractivity contribution is -0.121. The molecule has 1 N–H and O–H groups in total. The quantitative estimate of drug-likeness (QED) is 0.608. The standard InChI is InChI=1S/C23H25NO3/c1-17-15-18(7-11-22(17)26-2)8-12-23(25)24-13-14-27-21-10-9-19-5-3-4-6-20(19)16-21/h3-7,9-11,15-16H,8,12-14H2,1-2H3,(H,24,25). The number of fused-ring (bicyclic) bond motifs is 1. The van der Waals surface area contributed by atoms with Crippen molar-refractivity contribution in [3.63, 3.8) is 0 Å². The summed E-state index contributed by atoms with van der Waals surface area (Å²) in [6.07, 6.45) is 1.17. The van der Waals surface area contributed by atoms with Crippen LogP contribution in [0.3, 0.4) is 0 Å². The molecule has 0 radical (unpaired) electrons. The Kier molecular flexibility index (Phi) is 6.31. The van der Waals surface area contributed by atoms with Gasteiger partial charge in [0.2, 0.25) is 5.91 Å². The normalized spacial score (nSPS) is 10.6. The van der Waals surface area contributed by atoms with Gasteiger partial charge in [-0.2, -0.15) is 0 Å². The van der Waals surface area contributed by atoms with Crippen LogP contribution in [-0.4, -0.2) is 26.2 Å². The maximum absolute atomic E-state index is 12.0. The van der Waals surface area contributed by atoms with Gasteiger partial charge in [0.25, 0.3) is 0 Å². The molecule has 0 fully saturated rings. The molecule has 0 unspecified atom stereocenters. The van der Waals surface area contributed by atoms with Crippen molar-refractivity contribution in [2.24, 2.45) is 0 Å². The molecule has 0 aliphatic rings. The van der Waals surface area contributed by atoms with Crippen LogP contribution in [0.1, 0.15) is 17.5 Å². The molecular formula is C23H25NO3. The van der Waals surface area contributed by atoms with Gasteiger partial charge in [0.1, 0.15) is 18.1 Å². The van der Waals surface area contributed by atoms with Gasteiger partial charge in [0, 0.05) is 6.42 Å². The summed E-state index contributed by atoms with van der Waals surface area (Å²) >= 11 is 0. The summed E-state index contributed by atoms with van der Waals surface area (Å²) < 4.78 is 11.0. The van der Waals surface area contributed by atoms with Gasteiger partial charge in [-0.25, -0.2) is 0 Å². The molecule has 140 valence electrons. The fraction of sp³-hybridized carbons (Fsp3) is 0.261. The minimum atomic E-state index is 0.0329. The molecule has 4 heteroatoms. The molecule has 3 aromatic rings. The van der Waals surface area contributed by atoms with Gasteiger partial charge in [-0.05, 0) is 53.4 Å². The van der Waals surface area contributed by atoms with Crippen LogP contribution in [0.15, 0.2) is 60.7 Å². The number of rotatable bonds is 8. The van der Waals surface area contributed by atoms with Crippen molar-refractivity contribution in [1.82, 2.24) is 5.32 Å². The number of carbonyl (C=O) groups excluding carboxylic acids is 1. The number of amides is 1. The second kappa shape index (κ2) is 9.08. The molecule has 0 saturated heterocycles. The Balaban J connectivity index is 1.39. The zero-order chi connectivity index (χ0) is 19.1. The van der Waals surface area contributed by atoms with Crippen molar-refractivity contribution >= 4 is 16.7 Å². The van der Waals surface area contributed by atoms with Crippen LogP contribution >= 0.6 is 0 Å². The van der Waals surface area contributed by atoms with Crippen LogP contribution in [-0.2, 0) is 11.2 Å². The highest BCUT2D eigenvalue weighted by atomic mass is 16.5. The fourth-order valence-corrected chi connectivity index (χ4v) is 3.06. The average molecular weight is 363 g/mol. The number of aryl methyl sites for hydroxylation is 2. The van der Waals surface area contributed by atoms with Gasteiger partial charge >= 0.3 is 0 Å². The maximum atomic E-state index is 12.0. The largest absolute Gasteiger partial charge is 0.496 e. The van der Waals surface area contributed by atoms with Crippen molar-refractivity contribution in [2.75, 3.05) is 20.3 Å². The second-order valence-corrected chi connectivity index (χ2v) is 6.51. The molecular weight excluding hydrogens is 338 g/mol. The van der Waals surface area contributed by atoms with Crippen molar-refractivity contribution in [1.29, 1.82) is 0 Å². The van der Waals surface area contributed by atoms with Crippen molar-refractivity contribution in [2.45, 2.75) is 19.8 Å². The second-order valence-electron chi connectivity index (χ2n) is 6.51. The summed E-state index contributed by atoms with van der Waals surface area (Å²) in [6, 6.07) is 20.2. The first-order valence-corrected chi connectivity index (χ1v) is 9.17. The highest BCUT2D eigenvalue weighted by molar-refractivity contribution is 5.83. The molecule has 0 aliphatic carbocycles. The summed E-state index contributed by atoms with van der Waals surface area (Å²) in [6.45, 7) is 2.95. The van der Waals surface area contributed by atoms with Crippen molar-refractivity contribution in [3.8, 4) is 11.5 Å². The van der Waals surface area contributed by atoms with Gasteiger partial charge in [0.05, 0.1) is 13.7 Å². The van der Waals surface area contributed by atoms with E-state index in [1.165, 1.54) is 5.39 Å². The Bertz CT molecular complexity index is 920. The first-order chi connectivity index (χ1) is 13.2. The van der Waals surface area contributed by atoms with Crippen LogP contribution in [0.5, 0.6) is 11.5 Å². The highest BCUT2D eigenvalue weighted by Gasteiger charge is 2.05. The van der Waals surface area contributed by atoms with Gasteiger partial charge < -0.3 is 14.8 Å².